The second kappa shape index (κ2) is 9.00. The van der Waals surface area contributed by atoms with E-state index in [1.54, 1.807) is 0 Å². The lowest BCUT2D eigenvalue weighted by Crippen LogP contribution is -2.69. The van der Waals surface area contributed by atoms with Crippen LogP contribution in [0.15, 0.2) is 72.8 Å². The average Bonchev–Trinajstić information content (AvgIpc) is 3.61. The van der Waals surface area contributed by atoms with Crippen LogP contribution in [0, 0.1) is 6.07 Å². The summed E-state index contributed by atoms with van der Waals surface area (Å²) in [7, 11) is -2.74. The van der Waals surface area contributed by atoms with Crippen LogP contribution >= 0.6 is 0 Å². The highest BCUT2D eigenvalue weighted by atomic mass is 28.4. The van der Waals surface area contributed by atoms with Crippen molar-refractivity contribution in [3.8, 4) is 11.5 Å². The third-order valence-corrected chi connectivity index (χ3v) is 11.1. The molecule has 1 atom stereocenters. The number of epoxide rings is 1. The molecule has 4 rings (SSSR count). The molecule has 0 amide bonds. The lowest BCUT2D eigenvalue weighted by Gasteiger charge is -2.43. The van der Waals surface area contributed by atoms with Gasteiger partial charge in [-0.3, -0.25) is 0 Å². The molecule has 1 aliphatic rings. The molecule has 0 aromatic heterocycles. The fraction of sp³-hybridized carbons (Fsp3) is 0.379. The van der Waals surface area contributed by atoms with E-state index in [0.717, 1.165) is 23.7 Å². The minimum absolute atomic E-state index is 0.114. The average molecular weight is 460 g/mol. The molecule has 0 bridgehead atoms. The predicted molar refractivity (Wildman–Crippen MR) is 137 cm³/mol. The molecule has 0 saturated carbocycles. The minimum atomic E-state index is -2.74. The van der Waals surface area contributed by atoms with Crippen molar-refractivity contribution in [1.29, 1.82) is 0 Å². The van der Waals surface area contributed by atoms with Gasteiger partial charge in [-0.25, -0.2) is 0 Å². The summed E-state index contributed by atoms with van der Waals surface area (Å²) in [6, 6.07) is 28.9. The van der Waals surface area contributed by atoms with Gasteiger partial charge in [-0.1, -0.05) is 102 Å². The van der Waals surface area contributed by atoms with Crippen LogP contribution in [-0.2, 0) is 10.2 Å². The maximum Gasteiger partial charge on any atom is 0.319 e. The Morgan fingerprint density at radius 1 is 0.909 bits per heavy atom. The number of ether oxygens (including phenoxy) is 2. The van der Waals surface area contributed by atoms with E-state index in [-0.39, 0.29) is 16.6 Å². The van der Waals surface area contributed by atoms with E-state index >= 15 is 0 Å². The molecule has 0 spiro atoms. The summed E-state index contributed by atoms with van der Waals surface area (Å²) in [6.07, 6.45) is 0.219. The maximum atomic E-state index is 7.29. The van der Waals surface area contributed by atoms with Gasteiger partial charge in [0.1, 0.15) is 24.2 Å². The van der Waals surface area contributed by atoms with Gasteiger partial charge in [0.2, 0.25) is 0 Å². The topological polar surface area (TPSA) is 31.0 Å². The highest BCUT2D eigenvalue weighted by molar-refractivity contribution is 7.00. The predicted octanol–water partition coefficient (Wildman–Crippen LogP) is 5.50. The Bertz CT molecular complexity index is 1020. The smallest absolute Gasteiger partial charge is 0.319 e. The van der Waals surface area contributed by atoms with Gasteiger partial charge < -0.3 is 13.9 Å². The lowest BCUT2D eigenvalue weighted by molar-refractivity contribution is 0.262. The fourth-order valence-corrected chi connectivity index (χ4v) is 8.75. The Balaban J connectivity index is 1.86. The summed E-state index contributed by atoms with van der Waals surface area (Å²) in [4.78, 5) is 0. The van der Waals surface area contributed by atoms with Gasteiger partial charge in [-0.15, -0.1) is 0 Å². The van der Waals surface area contributed by atoms with Crippen LogP contribution in [0.1, 0.15) is 47.1 Å². The van der Waals surface area contributed by atoms with Crippen molar-refractivity contribution < 1.29 is 13.9 Å². The van der Waals surface area contributed by atoms with Crippen molar-refractivity contribution >= 4 is 18.7 Å². The zero-order chi connectivity index (χ0) is 23.7. The Morgan fingerprint density at radius 2 is 1.45 bits per heavy atom. The normalized spacial score (nSPS) is 16.4. The van der Waals surface area contributed by atoms with Crippen LogP contribution in [0.2, 0.25) is 5.04 Å². The molecular formula is C29H35O3Si. The Hall–Kier alpha value is -2.56. The molecule has 1 saturated heterocycles. The van der Waals surface area contributed by atoms with E-state index < -0.39 is 8.32 Å². The molecule has 1 aliphatic heterocycles. The molecule has 1 radical (unpaired) electrons. The van der Waals surface area contributed by atoms with E-state index in [2.05, 4.69) is 114 Å². The van der Waals surface area contributed by atoms with Crippen molar-refractivity contribution in [1.82, 2.24) is 0 Å². The van der Waals surface area contributed by atoms with E-state index in [4.69, 9.17) is 13.9 Å². The molecule has 3 aromatic rings. The maximum absolute atomic E-state index is 7.29. The first kappa shape index (κ1) is 23.6. The number of benzene rings is 3. The third kappa shape index (κ3) is 5.02. The SMILES string of the molecule is CC(C)(C)c1cc(OC[C@@H]2CO2)c[c]c1O[Si](c1ccccc1)(c1ccccc1)C(C)(C)C. The Morgan fingerprint density at radius 3 is 1.91 bits per heavy atom. The van der Waals surface area contributed by atoms with Gasteiger partial charge in [0.05, 0.1) is 6.61 Å². The van der Waals surface area contributed by atoms with E-state index in [1.807, 2.05) is 6.07 Å². The van der Waals surface area contributed by atoms with Crippen molar-refractivity contribution in [2.24, 2.45) is 0 Å². The molecule has 4 heteroatoms. The van der Waals surface area contributed by atoms with Crippen molar-refractivity contribution in [3.63, 3.8) is 0 Å². The van der Waals surface area contributed by atoms with Gasteiger partial charge in [0.25, 0.3) is 0 Å². The molecule has 1 fully saturated rings. The molecule has 0 aliphatic carbocycles. The number of hydrogen-bond acceptors (Lipinski definition) is 3. The summed E-state index contributed by atoms with van der Waals surface area (Å²) in [5.41, 5.74) is 0.969. The van der Waals surface area contributed by atoms with E-state index in [0.29, 0.717) is 6.61 Å². The molecule has 1 heterocycles. The summed E-state index contributed by atoms with van der Waals surface area (Å²) < 4.78 is 18.6. The zero-order valence-electron chi connectivity index (χ0n) is 20.6. The van der Waals surface area contributed by atoms with Gasteiger partial charge in [-0.2, -0.15) is 0 Å². The van der Waals surface area contributed by atoms with Crippen molar-refractivity contribution in [2.45, 2.75) is 58.1 Å². The second-order valence-corrected chi connectivity index (χ2v) is 15.1. The molecular weight excluding hydrogens is 424 g/mol. The van der Waals surface area contributed by atoms with E-state index in [1.165, 1.54) is 10.4 Å². The fourth-order valence-electron chi connectivity index (χ4n) is 4.34. The van der Waals surface area contributed by atoms with Crippen LogP contribution in [0.3, 0.4) is 0 Å². The molecule has 33 heavy (non-hydrogen) atoms. The summed E-state index contributed by atoms with van der Waals surface area (Å²) in [5, 5.41) is 2.39. The Kier molecular flexibility index (Phi) is 6.43. The lowest BCUT2D eigenvalue weighted by atomic mass is 9.86. The van der Waals surface area contributed by atoms with Crippen LogP contribution < -0.4 is 19.5 Å². The zero-order valence-corrected chi connectivity index (χ0v) is 21.6. The summed E-state index contributed by atoms with van der Waals surface area (Å²) in [5.74, 6) is 1.62. The molecule has 3 aromatic carbocycles. The van der Waals surface area contributed by atoms with Crippen LogP contribution in [0.5, 0.6) is 11.5 Å². The van der Waals surface area contributed by atoms with Gasteiger partial charge in [-0.05, 0) is 33.0 Å². The van der Waals surface area contributed by atoms with Gasteiger partial charge in [0, 0.05) is 11.6 Å². The molecule has 3 nitrogen and oxygen atoms in total. The standard InChI is InChI=1S/C29H35O3Si/c1-28(2,3)26-19-22(30-20-23-21-31-23)17-18-27(26)32-33(29(4,5)6,24-13-9-7-10-14-24)25-15-11-8-12-16-25/h7-17,19,23H,20-21H2,1-6H3/t23-/m1/s1. The molecule has 173 valence electrons. The Labute approximate surface area is 199 Å². The first-order valence-electron chi connectivity index (χ1n) is 11.7. The summed E-state index contributed by atoms with van der Waals surface area (Å²) >= 11 is 0. The van der Waals surface area contributed by atoms with Crippen LogP contribution in [-0.4, -0.2) is 27.6 Å². The van der Waals surface area contributed by atoms with Crippen LogP contribution in [0.25, 0.3) is 0 Å². The van der Waals surface area contributed by atoms with Crippen molar-refractivity contribution in [3.05, 3.63) is 84.4 Å². The van der Waals surface area contributed by atoms with E-state index in [9.17, 15) is 0 Å². The van der Waals surface area contributed by atoms with Gasteiger partial charge in [0.15, 0.2) is 0 Å². The van der Waals surface area contributed by atoms with Gasteiger partial charge >= 0.3 is 8.32 Å². The second-order valence-electron chi connectivity index (χ2n) is 10.9. The number of rotatable bonds is 7. The molecule has 0 unspecified atom stereocenters. The number of hydrogen-bond donors (Lipinski definition) is 0. The monoisotopic (exact) mass is 459 g/mol. The van der Waals surface area contributed by atoms with Crippen molar-refractivity contribution in [2.75, 3.05) is 13.2 Å². The van der Waals surface area contributed by atoms with Crippen LogP contribution in [0.4, 0.5) is 0 Å². The highest BCUT2D eigenvalue weighted by Gasteiger charge is 2.52. The quantitative estimate of drug-likeness (QED) is 0.345. The third-order valence-electron chi connectivity index (χ3n) is 6.19. The summed E-state index contributed by atoms with van der Waals surface area (Å²) in [6.45, 7) is 14.9. The first-order chi connectivity index (χ1) is 15.6. The minimum Gasteiger partial charge on any atom is -0.533 e. The molecule has 0 N–H and O–H groups in total. The first-order valence-corrected chi connectivity index (χ1v) is 13.6. The highest BCUT2D eigenvalue weighted by Crippen LogP contribution is 2.41. The largest absolute Gasteiger partial charge is 0.533 e.